The quantitative estimate of drug-likeness (QED) is 0.723. The maximum Gasteiger partial charge on any atom is 0.261 e. The Labute approximate surface area is 146 Å². The first-order valence-corrected chi connectivity index (χ1v) is 8.30. The number of nitrogens with zero attached hydrogens (tertiary/aromatic N) is 3. The van der Waals surface area contributed by atoms with E-state index in [4.69, 9.17) is 4.74 Å². The highest BCUT2D eigenvalue weighted by molar-refractivity contribution is 5.83. The maximum absolute atomic E-state index is 12.4. The van der Waals surface area contributed by atoms with E-state index in [1.165, 1.54) is 11.1 Å². The van der Waals surface area contributed by atoms with Crippen molar-refractivity contribution < 1.29 is 9.53 Å². The van der Waals surface area contributed by atoms with E-state index in [1.807, 2.05) is 12.1 Å². The highest BCUT2D eigenvalue weighted by Gasteiger charge is 2.23. The van der Waals surface area contributed by atoms with Crippen molar-refractivity contribution in [3.63, 3.8) is 0 Å². The molecule has 0 bridgehead atoms. The Kier molecular flexibility index (Phi) is 3.84. The van der Waals surface area contributed by atoms with Gasteiger partial charge in [-0.25, -0.2) is 4.98 Å². The lowest BCUT2D eigenvalue weighted by Gasteiger charge is -2.19. The van der Waals surface area contributed by atoms with Gasteiger partial charge in [-0.15, -0.1) is 0 Å². The van der Waals surface area contributed by atoms with E-state index in [2.05, 4.69) is 42.0 Å². The van der Waals surface area contributed by atoms with E-state index >= 15 is 0 Å². The molecule has 5 nitrogen and oxygen atoms in total. The number of hydrogen-bond donors (Lipinski definition) is 0. The number of pyridine rings is 2. The Bertz CT molecular complexity index is 954. The smallest absolute Gasteiger partial charge is 0.261 e. The van der Waals surface area contributed by atoms with Crippen molar-refractivity contribution in [2.24, 2.45) is 0 Å². The number of benzene rings is 1. The lowest BCUT2D eigenvalue weighted by atomic mass is 10.0. The fraction of sp³-hybridized carbons (Fsp3) is 0.250. The molecule has 3 aromatic rings. The number of aromatic nitrogens is 2. The molecule has 4 rings (SSSR count). The van der Waals surface area contributed by atoms with Crippen molar-refractivity contribution in [3.8, 4) is 5.88 Å². The Morgan fingerprint density at radius 2 is 2.04 bits per heavy atom. The summed E-state index contributed by atoms with van der Waals surface area (Å²) in [5, 5.41) is 1.07. The average Bonchev–Trinajstić information content (AvgIpc) is 2.75. The zero-order valence-corrected chi connectivity index (χ0v) is 14.3. The van der Waals surface area contributed by atoms with Crippen LogP contribution >= 0.6 is 0 Å². The Morgan fingerprint density at radius 1 is 1.20 bits per heavy atom. The lowest BCUT2D eigenvalue weighted by Crippen LogP contribution is -2.31. The molecule has 0 atom stereocenters. The number of hydrogen-bond acceptors (Lipinski definition) is 4. The number of rotatable bonds is 2. The molecule has 2 aromatic heterocycles. The number of ether oxygens (including phenoxy) is 1. The highest BCUT2D eigenvalue weighted by atomic mass is 16.5. The molecule has 1 amide bonds. The minimum Gasteiger partial charge on any atom is -0.467 e. The second-order valence-electron chi connectivity index (χ2n) is 6.48. The first kappa shape index (κ1) is 15.6. The molecule has 126 valence electrons. The summed E-state index contributed by atoms with van der Waals surface area (Å²) in [6, 6.07) is 10.1. The van der Waals surface area contributed by atoms with Gasteiger partial charge in [-0.2, -0.15) is 0 Å². The predicted molar refractivity (Wildman–Crippen MR) is 95.2 cm³/mol. The van der Waals surface area contributed by atoms with Crippen LogP contribution in [0.4, 0.5) is 0 Å². The zero-order chi connectivity index (χ0) is 17.4. The minimum atomic E-state index is -0.0433. The second kappa shape index (κ2) is 6.16. The summed E-state index contributed by atoms with van der Waals surface area (Å²) in [5.74, 6) is 0.510. The molecular weight excluding hydrogens is 314 g/mol. The molecule has 0 spiro atoms. The van der Waals surface area contributed by atoms with Crippen molar-refractivity contribution in [2.75, 3.05) is 6.61 Å². The molecule has 1 aliphatic heterocycles. The average molecular weight is 333 g/mol. The normalized spacial score (nSPS) is 14.2. The number of carbonyl (C=O) groups excluding carboxylic acids is 1. The van der Waals surface area contributed by atoms with Crippen LogP contribution in [0.2, 0.25) is 0 Å². The third kappa shape index (κ3) is 3.05. The molecule has 0 aliphatic carbocycles. The summed E-state index contributed by atoms with van der Waals surface area (Å²) < 4.78 is 5.69. The van der Waals surface area contributed by atoms with Gasteiger partial charge >= 0.3 is 0 Å². The molecule has 0 saturated carbocycles. The molecule has 5 heteroatoms. The molecule has 25 heavy (non-hydrogen) atoms. The second-order valence-corrected chi connectivity index (χ2v) is 6.48. The van der Waals surface area contributed by atoms with E-state index in [0.717, 1.165) is 22.0 Å². The third-order valence-electron chi connectivity index (χ3n) is 4.61. The van der Waals surface area contributed by atoms with Gasteiger partial charge in [0.15, 0.2) is 6.61 Å². The van der Waals surface area contributed by atoms with Gasteiger partial charge in [-0.3, -0.25) is 9.78 Å². The molecule has 0 radical (unpaired) electrons. The summed E-state index contributed by atoms with van der Waals surface area (Å²) >= 11 is 0. The van der Waals surface area contributed by atoms with Gasteiger partial charge < -0.3 is 9.64 Å². The summed E-state index contributed by atoms with van der Waals surface area (Å²) in [6.07, 6.45) is 3.51. The van der Waals surface area contributed by atoms with Gasteiger partial charge in [-0.05, 0) is 54.8 Å². The summed E-state index contributed by atoms with van der Waals surface area (Å²) in [5.41, 5.74) is 5.26. The molecule has 0 saturated heterocycles. The van der Waals surface area contributed by atoms with E-state index < -0.39 is 0 Å². The van der Waals surface area contributed by atoms with Gasteiger partial charge in [0.05, 0.1) is 12.1 Å². The first-order valence-electron chi connectivity index (χ1n) is 8.30. The van der Waals surface area contributed by atoms with Gasteiger partial charge in [0.1, 0.15) is 0 Å². The van der Waals surface area contributed by atoms with Crippen LogP contribution < -0.4 is 4.74 Å². The minimum absolute atomic E-state index is 0.0105. The molecule has 0 fully saturated rings. The van der Waals surface area contributed by atoms with Crippen LogP contribution in [0.5, 0.6) is 5.88 Å². The van der Waals surface area contributed by atoms with Crippen molar-refractivity contribution in [3.05, 3.63) is 65.0 Å². The lowest BCUT2D eigenvalue weighted by molar-refractivity contribution is -0.133. The topological polar surface area (TPSA) is 55.3 Å². The van der Waals surface area contributed by atoms with E-state index in [9.17, 15) is 4.79 Å². The maximum atomic E-state index is 12.4. The molecule has 0 N–H and O–H groups in total. The number of carbonyl (C=O) groups is 1. The largest absolute Gasteiger partial charge is 0.467 e. The Morgan fingerprint density at radius 3 is 2.84 bits per heavy atom. The number of aryl methyl sites for hydroxylation is 2. The van der Waals surface area contributed by atoms with Gasteiger partial charge in [-0.1, -0.05) is 6.07 Å². The van der Waals surface area contributed by atoms with E-state index in [0.29, 0.717) is 19.0 Å². The summed E-state index contributed by atoms with van der Waals surface area (Å²) in [7, 11) is 0. The van der Waals surface area contributed by atoms with E-state index in [1.54, 1.807) is 17.3 Å². The Hall–Kier alpha value is -2.95. The summed E-state index contributed by atoms with van der Waals surface area (Å²) in [4.78, 5) is 23.0. The van der Waals surface area contributed by atoms with Gasteiger partial charge in [0.2, 0.25) is 5.88 Å². The van der Waals surface area contributed by atoms with Crippen molar-refractivity contribution in [1.29, 1.82) is 0 Å². The molecule has 1 aromatic carbocycles. The third-order valence-corrected chi connectivity index (χ3v) is 4.61. The van der Waals surface area contributed by atoms with Crippen molar-refractivity contribution >= 4 is 16.8 Å². The summed E-state index contributed by atoms with van der Waals surface area (Å²) in [6.45, 7) is 5.17. The van der Waals surface area contributed by atoms with Gasteiger partial charge in [0.25, 0.3) is 5.91 Å². The van der Waals surface area contributed by atoms with Crippen LogP contribution in [0.1, 0.15) is 22.3 Å². The van der Waals surface area contributed by atoms with Gasteiger partial charge in [0, 0.05) is 29.9 Å². The zero-order valence-electron chi connectivity index (χ0n) is 14.3. The van der Waals surface area contributed by atoms with Crippen LogP contribution in [-0.4, -0.2) is 27.4 Å². The molecular formula is C20H19N3O2. The van der Waals surface area contributed by atoms with Crippen LogP contribution in [-0.2, 0) is 17.9 Å². The SMILES string of the molecule is Cc1cc2cc3c(nc2cc1C)OCC(=O)N(Cc1cccnc1)C3. The van der Waals surface area contributed by atoms with Crippen LogP contribution in [0, 0.1) is 13.8 Å². The van der Waals surface area contributed by atoms with Crippen molar-refractivity contribution in [2.45, 2.75) is 26.9 Å². The molecule has 0 unspecified atom stereocenters. The fourth-order valence-electron chi connectivity index (χ4n) is 3.08. The Balaban J connectivity index is 1.71. The first-order chi connectivity index (χ1) is 12.1. The van der Waals surface area contributed by atoms with E-state index in [-0.39, 0.29) is 12.5 Å². The van der Waals surface area contributed by atoms with Crippen molar-refractivity contribution in [1.82, 2.24) is 14.9 Å². The van der Waals surface area contributed by atoms with Crippen LogP contribution in [0.3, 0.4) is 0 Å². The highest BCUT2D eigenvalue weighted by Crippen LogP contribution is 2.28. The molecule has 3 heterocycles. The van der Waals surface area contributed by atoms with Crippen LogP contribution in [0.25, 0.3) is 10.9 Å². The molecule has 1 aliphatic rings. The fourth-order valence-corrected chi connectivity index (χ4v) is 3.08. The van der Waals surface area contributed by atoms with Crippen LogP contribution in [0.15, 0.2) is 42.7 Å². The monoisotopic (exact) mass is 333 g/mol. The predicted octanol–water partition coefficient (Wildman–Crippen LogP) is 3.17. The number of amides is 1. The number of fused-ring (bicyclic) bond motifs is 2. The standard InChI is InChI=1S/C20H19N3O2/c1-13-6-16-8-17-11-23(10-15-4-3-5-21-9-15)19(24)12-25-20(17)22-18(16)7-14(13)2/h3-9H,10-12H2,1-2H3.